The Morgan fingerprint density at radius 1 is 1.71 bits per heavy atom. The van der Waals surface area contributed by atoms with Gasteiger partial charge in [0.25, 0.3) is 0 Å². The first-order chi connectivity index (χ1) is 6.65. The molecule has 3 heteroatoms. The van der Waals surface area contributed by atoms with Crippen molar-refractivity contribution in [2.75, 3.05) is 13.6 Å². The SMILES string of the molecule is CCCN(C)C(=O)C1=CC=NC(C)C1. The molecular formula is C11H18N2O. The summed E-state index contributed by atoms with van der Waals surface area (Å²) >= 11 is 0. The second kappa shape index (κ2) is 4.94. The van der Waals surface area contributed by atoms with E-state index in [1.807, 2.05) is 20.0 Å². The molecule has 3 nitrogen and oxygen atoms in total. The maximum Gasteiger partial charge on any atom is 0.249 e. The standard InChI is InChI=1S/C11H18N2O/c1-4-7-13(3)11(14)10-5-6-12-9(2)8-10/h5-6,9H,4,7-8H2,1-3H3. The minimum absolute atomic E-state index is 0.143. The first-order valence-corrected chi connectivity index (χ1v) is 5.13. The molecule has 14 heavy (non-hydrogen) atoms. The van der Waals surface area contributed by atoms with E-state index in [2.05, 4.69) is 11.9 Å². The van der Waals surface area contributed by atoms with Gasteiger partial charge in [-0.15, -0.1) is 0 Å². The van der Waals surface area contributed by atoms with Crippen molar-refractivity contribution in [1.29, 1.82) is 0 Å². The van der Waals surface area contributed by atoms with E-state index in [4.69, 9.17) is 0 Å². The van der Waals surface area contributed by atoms with Gasteiger partial charge in [-0.25, -0.2) is 0 Å². The van der Waals surface area contributed by atoms with Gasteiger partial charge in [-0.3, -0.25) is 9.79 Å². The lowest BCUT2D eigenvalue weighted by Crippen LogP contribution is -2.30. The van der Waals surface area contributed by atoms with E-state index in [1.54, 1.807) is 11.1 Å². The summed E-state index contributed by atoms with van der Waals surface area (Å²) in [5.41, 5.74) is 0.878. The highest BCUT2D eigenvalue weighted by Gasteiger charge is 2.17. The van der Waals surface area contributed by atoms with Crippen molar-refractivity contribution < 1.29 is 4.79 Å². The fourth-order valence-electron chi connectivity index (χ4n) is 1.56. The highest BCUT2D eigenvalue weighted by molar-refractivity contribution is 5.97. The Morgan fingerprint density at radius 3 is 3.00 bits per heavy atom. The number of dihydropyridines is 1. The average molecular weight is 194 g/mol. The minimum Gasteiger partial charge on any atom is -0.342 e. The molecule has 0 saturated carbocycles. The number of aliphatic imine (C=N–C) groups is 1. The van der Waals surface area contributed by atoms with Crippen LogP contribution in [0.4, 0.5) is 0 Å². The van der Waals surface area contributed by atoms with Crippen LogP contribution in [-0.4, -0.2) is 36.7 Å². The van der Waals surface area contributed by atoms with E-state index in [1.165, 1.54) is 0 Å². The summed E-state index contributed by atoms with van der Waals surface area (Å²) in [6.45, 7) is 4.92. The van der Waals surface area contributed by atoms with Crippen LogP contribution in [0.25, 0.3) is 0 Å². The first-order valence-electron chi connectivity index (χ1n) is 5.13. The van der Waals surface area contributed by atoms with Crippen molar-refractivity contribution in [3.8, 4) is 0 Å². The van der Waals surface area contributed by atoms with E-state index >= 15 is 0 Å². The van der Waals surface area contributed by atoms with Gasteiger partial charge in [0.05, 0.1) is 6.04 Å². The number of likely N-dealkylation sites (N-methyl/N-ethyl adjacent to an activating group) is 1. The highest BCUT2D eigenvalue weighted by atomic mass is 16.2. The summed E-state index contributed by atoms with van der Waals surface area (Å²) in [6, 6.07) is 0.244. The van der Waals surface area contributed by atoms with E-state index in [0.29, 0.717) is 0 Å². The molecule has 0 aromatic carbocycles. The number of carbonyl (C=O) groups excluding carboxylic acids is 1. The maximum atomic E-state index is 11.8. The zero-order valence-corrected chi connectivity index (χ0v) is 9.16. The third-order valence-electron chi connectivity index (χ3n) is 2.31. The number of hydrogen-bond acceptors (Lipinski definition) is 2. The Hall–Kier alpha value is -1.12. The minimum atomic E-state index is 0.143. The number of nitrogens with zero attached hydrogens (tertiary/aromatic N) is 2. The Balaban J connectivity index is 2.60. The molecule has 1 aliphatic heterocycles. The lowest BCUT2D eigenvalue weighted by atomic mass is 10.0. The predicted octanol–water partition coefficient (Wildman–Crippen LogP) is 1.64. The molecular weight excluding hydrogens is 176 g/mol. The van der Waals surface area contributed by atoms with Crippen LogP contribution in [0.2, 0.25) is 0 Å². The molecule has 0 saturated heterocycles. The third-order valence-corrected chi connectivity index (χ3v) is 2.31. The van der Waals surface area contributed by atoms with Crippen LogP contribution < -0.4 is 0 Å². The summed E-state index contributed by atoms with van der Waals surface area (Å²) in [4.78, 5) is 17.8. The zero-order chi connectivity index (χ0) is 10.6. The van der Waals surface area contributed by atoms with E-state index in [0.717, 1.165) is 25.0 Å². The maximum absolute atomic E-state index is 11.8. The Kier molecular flexibility index (Phi) is 3.86. The Labute approximate surface area is 85.5 Å². The summed E-state index contributed by atoms with van der Waals surface area (Å²) in [5, 5.41) is 0. The van der Waals surface area contributed by atoms with Crippen LogP contribution in [-0.2, 0) is 4.79 Å². The zero-order valence-electron chi connectivity index (χ0n) is 9.16. The molecule has 0 spiro atoms. The molecule has 1 aliphatic rings. The molecule has 0 bridgehead atoms. The molecule has 1 atom stereocenters. The van der Waals surface area contributed by atoms with Gasteiger partial charge in [0.15, 0.2) is 0 Å². The number of hydrogen-bond donors (Lipinski definition) is 0. The quantitative estimate of drug-likeness (QED) is 0.672. The molecule has 0 radical (unpaired) electrons. The van der Waals surface area contributed by atoms with E-state index in [-0.39, 0.29) is 11.9 Å². The molecule has 0 aliphatic carbocycles. The number of rotatable bonds is 3. The van der Waals surface area contributed by atoms with Crippen LogP contribution in [0.1, 0.15) is 26.7 Å². The summed E-state index contributed by atoms with van der Waals surface area (Å²) < 4.78 is 0. The number of allylic oxidation sites excluding steroid dienone is 1. The fourth-order valence-corrected chi connectivity index (χ4v) is 1.56. The van der Waals surface area contributed by atoms with Crippen molar-refractivity contribution >= 4 is 12.1 Å². The largest absolute Gasteiger partial charge is 0.342 e. The first kappa shape index (κ1) is 11.0. The van der Waals surface area contributed by atoms with Gasteiger partial charge >= 0.3 is 0 Å². The fraction of sp³-hybridized carbons (Fsp3) is 0.636. The van der Waals surface area contributed by atoms with Gasteiger partial charge in [-0.1, -0.05) is 6.92 Å². The van der Waals surface area contributed by atoms with Crippen LogP contribution in [0.15, 0.2) is 16.6 Å². The molecule has 1 amide bonds. The third kappa shape index (κ3) is 2.69. The molecule has 1 heterocycles. The Bertz CT molecular complexity index is 268. The molecule has 78 valence electrons. The Morgan fingerprint density at radius 2 is 2.43 bits per heavy atom. The monoisotopic (exact) mass is 194 g/mol. The summed E-state index contributed by atoms with van der Waals surface area (Å²) in [6.07, 6.45) is 5.33. The highest BCUT2D eigenvalue weighted by Crippen LogP contribution is 2.14. The van der Waals surface area contributed by atoms with Crippen molar-refractivity contribution in [3.63, 3.8) is 0 Å². The van der Waals surface area contributed by atoms with Crippen molar-refractivity contribution in [2.45, 2.75) is 32.7 Å². The average Bonchev–Trinajstić information content (AvgIpc) is 2.17. The van der Waals surface area contributed by atoms with Gasteiger partial charge in [0.1, 0.15) is 0 Å². The normalized spacial score (nSPS) is 20.5. The number of carbonyl (C=O) groups is 1. The van der Waals surface area contributed by atoms with Gasteiger partial charge in [-0.05, 0) is 25.8 Å². The smallest absolute Gasteiger partial charge is 0.249 e. The van der Waals surface area contributed by atoms with Gasteiger partial charge in [0.2, 0.25) is 5.91 Å². The molecule has 1 unspecified atom stereocenters. The van der Waals surface area contributed by atoms with Gasteiger partial charge in [-0.2, -0.15) is 0 Å². The predicted molar refractivity (Wildman–Crippen MR) is 58.6 cm³/mol. The van der Waals surface area contributed by atoms with Crippen LogP contribution in [0, 0.1) is 0 Å². The molecule has 1 rings (SSSR count). The van der Waals surface area contributed by atoms with Crippen LogP contribution in [0.5, 0.6) is 0 Å². The topological polar surface area (TPSA) is 32.7 Å². The molecule has 0 aromatic rings. The molecule has 0 N–H and O–H groups in total. The van der Waals surface area contributed by atoms with E-state index in [9.17, 15) is 4.79 Å². The van der Waals surface area contributed by atoms with Gasteiger partial charge in [0, 0.05) is 25.4 Å². The van der Waals surface area contributed by atoms with Crippen LogP contribution >= 0.6 is 0 Å². The van der Waals surface area contributed by atoms with Gasteiger partial charge < -0.3 is 4.90 Å². The van der Waals surface area contributed by atoms with Crippen molar-refractivity contribution in [3.05, 3.63) is 11.6 Å². The summed E-state index contributed by atoms with van der Waals surface area (Å²) in [7, 11) is 1.85. The number of amides is 1. The van der Waals surface area contributed by atoms with Crippen molar-refractivity contribution in [1.82, 2.24) is 4.90 Å². The lowest BCUT2D eigenvalue weighted by Gasteiger charge is -2.20. The van der Waals surface area contributed by atoms with E-state index < -0.39 is 0 Å². The van der Waals surface area contributed by atoms with Crippen molar-refractivity contribution in [2.24, 2.45) is 4.99 Å². The molecule has 0 fully saturated rings. The second-order valence-electron chi connectivity index (χ2n) is 3.77. The summed E-state index contributed by atoms with van der Waals surface area (Å²) in [5.74, 6) is 0.143. The lowest BCUT2D eigenvalue weighted by molar-refractivity contribution is -0.126. The second-order valence-corrected chi connectivity index (χ2v) is 3.77. The molecule has 0 aromatic heterocycles. The van der Waals surface area contributed by atoms with Crippen LogP contribution in [0.3, 0.4) is 0 Å².